The third kappa shape index (κ3) is 3.57. The van der Waals surface area contributed by atoms with Crippen LogP contribution in [0.5, 0.6) is 5.75 Å². The molecule has 5 heteroatoms. The van der Waals surface area contributed by atoms with Crippen LogP contribution in [0.25, 0.3) is 11.0 Å². The SMILES string of the molecule is CCCNC[C@H](O)COc1ccc2c3c(c(=O)oc2c1)CCC3. The molecule has 0 saturated heterocycles. The zero-order valence-electron chi connectivity index (χ0n) is 13.4. The molecule has 5 nitrogen and oxygen atoms in total. The zero-order chi connectivity index (χ0) is 16.2. The Kier molecular flexibility index (Phi) is 4.98. The average molecular weight is 317 g/mol. The lowest BCUT2D eigenvalue weighted by Crippen LogP contribution is -2.31. The number of hydrogen-bond acceptors (Lipinski definition) is 5. The summed E-state index contributed by atoms with van der Waals surface area (Å²) in [5.41, 5.74) is 2.27. The van der Waals surface area contributed by atoms with Gasteiger partial charge in [-0.3, -0.25) is 0 Å². The Bertz CT molecular complexity index is 738. The van der Waals surface area contributed by atoms with Gasteiger partial charge in [0.05, 0.1) is 0 Å². The molecular formula is C18H23NO4. The van der Waals surface area contributed by atoms with Gasteiger partial charge in [0.15, 0.2) is 0 Å². The summed E-state index contributed by atoms with van der Waals surface area (Å²) in [4.78, 5) is 12.0. The molecule has 0 unspecified atom stereocenters. The fourth-order valence-electron chi connectivity index (χ4n) is 3.05. The average Bonchev–Trinajstić information content (AvgIpc) is 3.03. The number of fused-ring (bicyclic) bond motifs is 3. The van der Waals surface area contributed by atoms with E-state index in [1.54, 1.807) is 6.07 Å². The van der Waals surface area contributed by atoms with Gasteiger partial charge in [-0.2, -0.15) is 0 Å². The minimum atomic E-state index is -0.565. The fraction of sp³-hybridized carbons (Fsp3) is 0.500. The second-order valence-corrected chi connectivity index (χ2v) is 6.03. The first-order valence-electron chi connectivity index (χ1n) is 8.29. The molecule has 0 spiro atoms. The molecule has 1 heterocycles. The van der Waals surface area contributed by atoms with Gasteiger partial charge in [0, 0.05) is 23.6 Å². The number of aliphatic hydroxyl groups excluding tert-OH is 1. The summed E-state index contributed by atoms with van der Waals surface area (Å²) >= 11 is 0. The number of nitrogens with one attached hydrogen (secondary N) is 1. The van der Waals surface area contributed by atoms with Gasteiger partial charge in [-0.1, -0.05) is 6.92 Å². The minimum Gasteiger partial charge on any atom is -0.491 e. The Morgan fingerprint density at radius 2 is 2.17 bits per heavy atom. The van der Waals surface area contributed by atoms with Crippen LogP contribution in [0.1, 0.15) is 30.9 Å². The molecule has 0 amide bonds. The Labute approximate surface area is 135 Å². The van der Waals surface area contributed by atoms with Gasteiger partial charge < -0.3 is 19.6 Å². The first-order chi connectivity index (χ1) is 11.2. The van der Waals surface area contributed by atoms with Crippen LogP contribution >= 0.6 is 0 Å². The van der Waals surface area contributed by atoms with Crippen LogP contribution in [0.15, 0.2) is 27.4 Å². The van der Waals surface area contributed by atoms with E-state index in [2.05, 4.69) is 12.2 Å². The van der Waals surface area contributed by atoms with Gasteiger partial charge in [0.2, 0.25) is 0 Å². The normalized spacial score (nSPS) is 14.9. The fourth-order valence-corrected chi connectivity index (χ4v) is 3.05. The molecule has 3 rings (SSSR count). The van der Waals surface area contributed by atoms with Crippen LogP contribution in [-0.2, 0) is 12.8 Å². The zero-order valence-corrected chi connectivity index (χ0v) is 13.4. The Morgan fingerprint density at radius 3 is 3.00 bits per heavy atom. The highest BCUT2D eigenvalue weighted by Gasteiger charge is 2.19. The molecule has 1 aromatic heterocycles. The van der Waals surface area contributed by atoms with E-state index >= 15 is 0 Å². The van der Waals surface area contributed by atoms with Gasteiger partial charge >= 0.3 is 5.63 Å². The van der Waals surface area contributed by atoms with Gasteiger partial charge in [0.1, 0.15) is 24.0 Å². The van der Waals surface area contributed by atoms with E-state index < -0.39 is 6.10 Å². The van der Waals surface area contributed by atoms with Crippen molar-refractivity contribution in [2.45, 2.75) is 38.7 Å². The number of benzene rings is 1. The topological polar surface area (TPSA) is 71.7 Å². The third-order valence-corrected chi connectivity index (χ3v) is 4.19. The van der Waals surface area contributed by atoms with Crippen molar-refractivity contribution >= 4 is 11.0 Å². The van der Waals surface area contributed by atoms with Gasteiger partial charge in [0.25, 0.3) is 0 Å². The minimum absolute atomic E-state index is 0.206. The van der Waals surface area contributed by atoms with Crippen LogP contribution in [-0.4, -0.2) is 30.9 Å². The molecule has 1 aliphatic rings. The highest BCUT2D eigenvalue weighted by molar-refractivity contribution is 5.83. The lowest BCUT2D eigenvalue weighted by atomic mass is 10.1. The summed E-state index contributed by atoms with van der Waals surface area (Å²) < 4.78 is 11.0. The summed E-state index contributed by atoms with van der Waals surface area (Å²) in [5, 5.41) is 14.0. The summed E-state index contributed by atoms with van der Waals surface area (Å²) in [6, 6.07) is 5.55. The monoisotopic (exact) mass is 317 g/mol. The standard InChI is InChI=1S/C18H23NO4/c1-2-8-19-10-12(20)11-22-13-6-7-15-14-4-3-5-16(14)18(21)23-17(15)9-13/h6-7,9,12,19-20H,2-5,8,10-11H2,1H3/t12-/m0/s1. The number of aliphatic hydroxyl groups is 1. The predicted molar refractivity (Wildman–Crippen MR) is 89.2 cm³/mol. The van der Waals surface area contributed by atoms with Crippen molar-refractivity contribution in [2.75, 3.05) is 19.7 Å². The maximum absolute atomic E-state index is 12.0. The molecule has 2 N–H and O–H groups in total. The van der Waals surface area contributed by atoms with Crippen LogP contribution in [0, 0.1) is 0 Å². The number of rotatable bonds is 7. The quantitative estimate of drug-likeness (QED) is 0.604. The maximum atomic E-state index is 12.0. The first-order valence-corrected chi connectivity index (χ1v) is 8.29. The van der Waals surface area contributed by atoms with Crippen molar-refractivity contribution in [3.8, 4) is 5.75 Å². The molecule has 1 atom stereocenters. The van der Waals surface area contributed by atoms with E-state index in [0.29, 0.717) is 17.9 Å². The second kappa shape index (κ2) is 7.15. The van der Waals surface area contributed by atoms with Crippen LogP contribution in [0.2, 0.25) is 0 Å². The van der Waals surface area contributed by atoms with E-state index in [0.717, 1.165) is 48.7 Å². The molecule has 0 fully saturated rings. The largest absolute Gasteiger partial charge is 0.491 e. The van der Waals surface area contributed by atoms with Gasteiger partial charge in [-0.15, -0.1) is 0 Å². The smallest absolute Gasteiger partial charge is 0.339 e. The lowest BCUT2D eigenvalue weighted by molar-refractivity contribution is 0.106. The van der Waals surface area contributed by atoms with E-state index in [-0.39, 0.29) is 12.2 Å². The van der Waals surface area contributed by atoms with Gasteiger partial charge in [-0.25, -0.2) is 4.79 Å². The number of hydrogen-bond donors (Lipinski definition) is 2. The molecule has 2 aromatic rings. The predicted octanol–water partition coefficient (Wildman–Crippen LogP) is 2.02. The van der Waals surface area contributed by atoms with Crippen LogP contribution < -0.4 is 15.7 Å². The summed E-state index contributed by atoms with van der Waals surface area (Å²) in [7, 11) is 0. The molecule has 1 aromatic carbocycles. The molecule has 0 aliphatic heterocycles. The molecule has 1 aliphatic carbocycles. The lowest BCUT2D eigenvalue weighted by Gasteiger charge is -2.13. The number of aryl methyl sites for hydroxylation is 1. The highest BCUT2D eigenvalue weighted by Crippen LogP contribution is 2.29. The third-order valence-electron chi connectivity index (χ3n) is 4.19. The maximum Gasteiger partial charge on any atom is 0.339 e. The van der Waals surface area contributed by atoms with Crippen molar-refractivity contribution < 1.29 is 14.3 Å². The molecular weight excluding hydrogens is 294 g/mol. The highest BCUT2D eigenvalue weighted by atomic mass is 16.5. The Hall–Kier alpha value is -1.85. The van der Waals surface area contributed by atoms with Crippen LogP contribution in [0.4, 0.5) is 0 Å². The summed E-state index contributed by atoms with van der Waals surface area (Å²) in [5.74, 6) is 0.605. The van der Waals surface area contributed by atoms with Crippen LogP contribution in [0.3, 0.4) is 0 Å². The van der Waals surface area contributed by atoms with Gasteiger partial charge in [-0.05, 0) is 49.9 Å². The van der Waals surface area contributed by atoms with Crippen molar-refractivity contribution in [1.82, 2.24) is 5.32 Å². The molecule has 23 heavy (non-hydrogen) atoms. The molecule has 0 saturated carbocycles. The van der Waals surface area contributed by atoms with E-state index in [4.69, 9.17) is 9.15 Å². The van der Waals surface area contributed by atoms with Crippen molar-refractivity contribution in [3.63, 3.8) is 0 Å². The Balaban J connectivity index is 1.71. The summed E-state index contributed by atoms with van der Waals surface area (Å²) in [6.07, 6.45) is 3.21. The molecule has 124 valence electrons. The molecule has 0 radical (unpaired) electrons. The van der Waals surface area contributed by atoms with Crippen molar-refractivity contribution in [1.29, 1.82) is 0 Å². The second-order valence-electron chi connectivity index (χ2n) is 6.03. The van der Waals surface area contributed by atoms with E-state index in [1.165, 1.54) is 0 Å². The summed E-state index contributed by atoms with van der Waals surface area (Å²) in [6.45, 7) is 3.67. The van der Waals surface area contributed by atoms with Crippen molar-refractivity contribution in [2.24, 2.45) is 0 Å². The van der Waals surface area contributed by atoms with Crippen molar-refractivity contribution in [3.05, 3.63) is 39.7 Å². The number of ether oxygens (including phenoxy) is 1. The Morgan fingerprint density at radius 1 is 1.35 bits per heavy atom. The van der Waals surface area contributed by atoms with E-state index in [9.17, 15) is 9.90 Å². The first kappa shape index (κ1) is 16.0. The molecule has 0 bridgehead atoms. The van der Waals surface area contributed by atoms with E-state index in [1.807, 2.05) is 12.1 Å².